The normalized spacial score (nSPS) is 26.4. The van der Waals surface area contributed by atoms with E-state index in [2.05, 4.69) is 20.8 Å². The molecule has 0 radical (unpaired) electrons. The Morgan fingerprint density at radius 1 is 1.14 bits per heavy atom. The standard InChI is InChI=1S/C25H30N4O5S/c1-14-20(15(2)34-29-14)13-35-22-19(4-3-5-26-22)23(31)33-12-21(30)27-24(32)28-25-9-16-6-17(10-25)8-18(7-16)11-25/h3-5,16-18H,6-13H2,1-2H3,(H2,27,28,30,32). The molecule has 0 spiro atoms. The van der Waals surface area contributed by atoms with Gasteiger partial charge >= 0.3 is 12.0 Å². The first kappa shape index (κ1) is 23.8. The second-order valence-corrected chi connectivity index (χ2v) is 11.2. The van der Waals surface area contributed by atoms with Gasteiger partial charge < -0.3 is 14.6 Å². The summed E-state index contributed by atoms with van der Waals surface area (Å²) in [6.45, 7) is 3.15. The van der Waals surface area contributed by atoms with Gasteiger partial charge in [-0.2, -0.15) is 0 Å². The van der Waals surface area contributed by atoms with Gasteiger partial charge in [0.2, 0.25) is 0 Å². The SMILES string of the molecule is Cc1noc(C)c1CSc1ncccc1C(=O)OCC(=O)NC(=O)NC12CC3CC(CC(C3)C1)C2. The summed E-state index contributed by atoms with van der Waals surface area (Å²) in [6.07, 6.45) is 8.37. The number of carbonyl (C=O) groups excluding carboxylic acids is 3. The largest absolute Gasteiger partial charge is 0.452 e. The maximum absolute atomic E-state index is 12.7. The number of nitrogens with one attached hydrogen (secondary N) is 2. The van der Waals surface area contributed by atoms with Crippen LogP contribution in [0.2, 0.25) is 0 Å². The van der Waals surface area contributed by atoms with Crippen LogP contribution in [0.5, 0.6) is 0 Å². The zero-order valence-electron chi connectivity index (χ0n) is 20.0. The summed E-state index contributed by atoms with van der Waals surface area (Å²) in [5.74, 6) is 1.97. The Morgan fingerprint density at radius 2 is 1.83 bits per heavy atom. The van der Waals surface area contributed by atoms with Crippen molar-refractivity contribution in [2.45, 2.75) is 68.7 Å². The third kappa shape index (κ3) is 5.22. The molecule has 10 heteroatoms. The van der Waals surface area contributed by atoms with Gasteiger partial charge in [0.1, 0.15) is 10.8 Å². The van der Waals surface area contributed by atoms with Gasteiger partial charge in [0.15, 0.2) is 6.61 Å². The van der Waals surface area contributed by atoms with Crippen molar-refractivity contribution in [2.75, 3.05) is 6.61 Å². The van der Waals surface area contributed by atoms with Gasteiger partial charge in [-0.05, 0) is 82.3 Å². The van der Waals surface area contributed by atoms with Crippen LogP contribution >= 0.6 is 11.8 Å². The van der Waals surface area contributed by atoms with E-state index in [1.54, 1.807) is 18.3 Å². The monoisotopic (exact) mass is 498 g/mol. The van der Waals surface area contributed by atoms with Gasteiger partial charge in [-0.15, -0.1) is 11.8 Å². The maximum Gasteiger partial charge on any atom is 0.341 e. The average Bonchev–Trinajstić information content (AvgIpc) is 3.12. The predicted octanol–water partition coefficient (Wildman–Crippen LogP) is 3.93. The fourth-order valence-corrected chi connectivity index (χ4v) is 7.55. The van der Waals surface area contributed by atoms with Crippen molar-refractivity contribution in [3.8, 4) is 0 Å². The lowest BCUT2D eigenvalue weighted by Crippen LogP contribution is -2.62. The Kier molecular flexibility index (Phi) is 6.57. The summed E-state index contributed by atoms with van der Waals surface area (Å²) < 4.78 is 10.4. The number of imide groups is 1. The molecule has 0 saturated heterocycles. The highest BCUT2D eigenvalue weighted by atomic mass is 32.2. The number of aromatic nitrogens is 2. The number of rotatable bonds is 7. The van der Waals surface area contributed by atoms with E-state index in [0.29, 0.717) is 28.5 Å². The molecule has 2 N–H and O–H groups in total. The number of urea groups is 1. The molecule has 4 aliphatic rings. The smallest absolute Gasteiger partial charge is 0.341 e. The van der Waals surface area contributed by atoms with Crippen molar-refractivity contribution < 1.29 is 23.6 Å². The van der Waals surface area contributed by atoms with Crippen LogP contribution in [-0.2, 0) is 15.3 Å². The third-order valence-electron chi connectivity index (χ3n) is 7.53. The van der Waals surface area contributed by atoms with Crippen molar-refractivity contribution in [1.82, 2.24) is 20.8 Å². The molecule has 9 nitrogen and oxygen atoms in total. The Balaban J connectivity index is 1.12. The molecule has 4 fully saturated rings. The lowest BCUT2D eigenvalue weighted by Gasteiger charge is -2.56. The summed E-state index contributed by atoms with van der Waals surface area (Å²) in [4.78, 5) is 41.8. The number of thioether (sulfide) groups is 1. The minimum Gasteiger partial charge on any atom is -0.452 e. The lowest BCUT2D eigenvalue weighted by atomic mass is 9.53. The average molecular weight is 499 g/mol. The van der Waals surface area contributed by atoms with Crippen LogP contribution in [0, 0.1) is 31.6 Å². The summed E-state index contributed by atoms with van der Waals surface area (Å²) in [5, 5.41) is 9.84. The molecule has 3 amide bonds. The Bertz CT molecular complexity index is 1090. The summed E-state index contributed by atoms with van der Waals surface area (Å²) in [5.41, 5.74) is 1.80. The van der Waals surface area contributed by atoms with Gasteiger partial charge in [-0.3, -0.25) is 10.1 Å². The van der Waals surface area contributed by atoms with Gasteiger partial charge in [-0.1, -0.05) is 5.16 Å². The molecule has 186 valence electrons. The molecular weight excluding hydrogens is 468 g/mol. The molecule has 0 aliphatic heterocycles. The van der Waals surface area contributed by atoms with Gasteiger partial charge in [0.05, 0.1) is 11.3 Å². The topological polar surface area (TPSA) is 123 Å². The number of amides is 3. The van der Waals surface area contributed by atoms with Crippen molar-refractivity contribution in [3.63, 3.8) is 0 Å². The van der Waals surface area contributed by atoms with Gasteiger partial charge in [-0.25, -0.2) is 14.6 Å². The molecule has 0 aromatic carbocycles. The van der Waals surface area contributed by atoms with Crippen molar-refractivity contribution in [1.29, 1.82) is 0 Å². The summed E-state index contributed by atoms with van der Waals surface area (Å²) in [6, 6.07) is 2.73. The minimum atomic E-state index is -0.670. The van der Waals surface area contributed by atoms with E-state index >= 15 is 0 Å². The second kappa shape index (κ2) is 9.64. The molecule has 4 aliphatic carbocycles. The van der Waals surface area contributed by atoms with Crippen LogP contribution in [-0.4, -0.2) is 40.2 Å². The van der Waals surface area contributed by atoms with Crippen LogP contribution in [0.1, 0.15) is 65.9 Å². The van der Waals surface area contributed by atoms with Crippen LogP contribution in [0.25, 0.3) is 0 Å². The van der Waals surface area contributed by atoms with Crippen LogP contribution < -0.4 is 10.6 Å². The molecule has 6 rings (SSSR count). The summed E-state index contributed by atoms with van der Waals surface area (Å²) in [7, 11) is 0. The number of aryl methyl sites for hydroxylation is 2. The fourth-order valence-electron chi connectivity index (χ4n) is 6.42. The van der Waals surface area contributed by atoms with Gasteiger partial charge in [0, 0.05) is 23.1 Å². The van der Waals surface area contributed by atoms with Crippen molar-refractivity contribution in [3.05, 3.63) is 40.9 Å². The highest BCUT2D eigenvalue weighted by Crippen LogP contribution is 2.55. The first-order valence-corrected chi connectivity index (χ1v) is 13.1. The minimum absolute atomic E-state index is 0.196. The molecule has 0 unspecified atom stereocenters. The Labute approximate surface area is 208 Å². The zero-order valence-corrected chi connectivity index (χ0v) is 20.8. The molecule has 0 atom stereocenters. The van der Waals surface area contributed by atoms with E-state index in [1.165, 1.54) is 31.0 Å². The van der Waals surface area contributed by atoms with E-state index < -0.39 is 24.5 Å². The Hall–Kier alpha value is -2.88. The molecule has 35 heavy (non-hydrogen) atoms. The molecular formula is C25H30N4O5S. The first-order chi connectivity index (χ1) is 16.8. The molecule has 2 heterocycles. The van der Waals surface area contributed by atoms with Crippen LogP contribution in [0.15, 0.2) is 27.9 Å². The number of carbonyl (C=O) groups is 3. The van der Waals surface area contributed by atoms with E-state index in [1.807, 2.05) is 13.8 Å². The van der Waals surface area contributed by atoms with Crippen molar-refractivity contribution in [2.24, 2.45) is 17.8 Å². The maximum atomic E-state index is 12.7. The first-order valence-electron chi connectivity index (χ1n) is 12.1. The van der Waals surface area contributed by atoms with E-state index in [9.17, 15) is 14.4 Å². The van der Waals surface area contributed by atoms with Crippen LogP contribution in [0.3, 0.4) is 0 Å². The molecule has 2 aromatic heterocycles. The lowest BCUT2D eigenvalue weighted by molar-refractivity contribution is -0.123. The number of hydrogen-bond donors (Lipinski definition) is 2. The number of nitrogens with zero attached hydrogens (tertiary/aromatic N) is 2. The van der Waals surface area contributed by atoms with E-state index in [4.69, 9.17) is 9.26 Å². The second-order valence-electron chi connectivity index (χ2n) is 10.2. The molecule has 4 bridgehead atoms. The molecule has 2 aromatic rings. The Morgan fingerprint density at radius 3 is 2.46 bits per heavy atom. The highest BCUT2D eigenvalue weighted by Gasteiger charge is 2.51. The number of hydrogen-bond acceptors (Lipinski definition) is 8. The predicted molar refractivity (Wildman–Crippen MR) is 128 cm³/mol. The van der Waals surface area contributed by atoms with E-state index in [-0.39, 0.29) is 11.1 Å². The van der Waals surface area contributed by atoms with Crippen molar-refractivity contribution >= 4 is 29.7 Å². The van der Waals surface area contributed by atoms with E-state index in [0.717, 1.165) is 36.3 Å². The summed E-state index contributed by atoms with van der Waals surface area (Å²) >= 11 is 1.36. The fraction of sp³-hybridized carbons (Fsp3) is 0.560. The third-order valence-corrected chi connectivity index (χ3v) is 8.56. The van der Waals surface area contributed by atoms with Crippen LogP contribution in [0.4, 0.5) is 4.79 Å². The number of esters is 1. The highest BCUT2D eigenvalue weighted by molar-refractivity contribution is 7.98. The number of ether oxygens (including phenoxy) is 1. The zero-order chi connectivity index (χ0) is 24.6. The number of pyridine rings is 1. The quantitative estimate of drug-likeness (QED) is 0.435. The van der Waals surface area contributed by atoms with Gasteiger partial charge in [0.25, 0.3) is 5.91 Å². The molecule has 4 saturated carbocycles.